The second-order valence-corrected chi connectivity index (χ2v) is 3.09. The van der Waals surface area contributed by atoms with Gasteiger partial charge < -0.3 is 5.73 Å². The molecule has 2 aromatic rings. The molecule has 0 aliphatic rings. The van der Waals surface area contributed by atoms with Gasteiger partial charge in [0.2, 0.25) is 5.95 Å². The molecular weight excluding hydrogens is 221 g/mol. The molecule has 2 N–H and O–H groups in total. The molecule has 0 spiro atoms. The maximum atomic E-state index is 12.3. The molecule has 1 aromatic carbocycles. The summed E-state index contributed by atoms with van der Waals surface area (Å²) in [4.78, 5) is 3.67. The minimum absolute atomic E-state index is 0.0693. The lowest BCUT2D eigenvalue weighted by atomic mass is 10.2. The first-order valence-electron chi connectivity index (χ1n) is 4.31. The topological polar surface area (TPSA) is 56.7 Å². The standard InChI is InChI=1S/C9H7F3N4/c10-9(11,12)6-1-3-7(4-2-6)16-5-14-8(13)15-16/h1-5H,(H2,13,15). The Hall–Kier alpha value is -2.05. The van der Waals surface area contributed by atoms with Gasteiger partial charge in [0.15, 0.2) is 0 Å². The Morgan fingerprint density at radius 3 is 2.19 bits per heavy atom. The Balaban J connectivity index is 2.33. The minimum atomic E-state index is -4.33. The van der Waals surface area contributed by atoms with Crippen LogP contribution in [0.15, 0.2) is 30.6 Å². The fourth-order valence-corrected chi connectivity index (χ4v) is 1.20. The van der Waals surface area contributed by atoms with Crippen LogP contribution in [-0.4, -0.2) is 14.8 Å². The van der Waals surface area contributed by atoms with Gasteiger partial charge in [-0.05, 0) is 24.3 Å². The molecule has 0 saturated heterocycles. The lowest BCUT2D eigenvalue weighted by Gasteiger charge is -2.07. The Morgan fingerprint density at radius 1 is 1.12 bits per heavy atom. The molecule has 16 heavy (non-hydrogen) atoms. The van der Waals surface area contributed by atoms with Gasteiger partial charge >= 0.3 is 6.18 Å². The summed E-state index contributed by atoms with van der Waals surface area (Å²) in [6.45, 7) is 0. The van der Waals surface area contributed by atoms with Crippen LogP contribution < -0.4 is 5.73 Å². The van der Waals surface area contributed by atoms with E-state index in [-0.39, 0.29) is 5.95 Å². The van der Waals surface area contributed by atoms with Crippen LogP contribution in [0.1, 0.15) is 5.56 Å². The number of nitrogen functional groups attached to an aromatic ring is 1. The summed E-state index contributed by atoms with van der Waals surface area (Å²) in [5.74, 6) is 0.0693. The summed E-state index contributed by atoms with van der Waals surface area (Å²) < 4.78 is 38.1. The van der Waals surface area contributed by atoms with E-state index in [4.69, 9.17) is 5.73 Å². The predicted molar refractivity (Wildman–Crippen MR) is 50.8 cm³/mol. The number of alkyl halides is 3. The van der Waals surface area contributed by atoms with Gasteiger partial charge in [-0.3, -0.25) is 0 Å². The predicted octanol–water partition coefficient (Wildman–Crippen LogP) is 1.87. The summed E-state index contributed by atoms with van der Waals surface area (Å²) in [6, 6.07) is 4.56. The average Bonchev–Trinajstić information content (AvgIpc) is 2.64. The highest BCUT2D eigenvalue weighted by Crippen LogP contribution is 2.29. The third-order valence-corrected chi connectivity index (χ3v) is 1.97. The third-order valence-electron chi connectivity index (χ3n) is 1.97. The lowest BCUT2D eigenvalue weighted by molar-refractivity contribution is -0.137. The van der Waals surface area contributed by atoms with Gasteiger partial charge in [-0.1, -0.05) is 0 Å². The number of aromatic nitrogens is 3. The fraction of sp³-hybridized carbons (Fsp3) is 0.111. The van der Waals surface area contributed by atoms with E-state index < -0.39 is 11.7 Å². The number of halogens is 3. The molecule has 84 valence electrons. The van der Waals surface area contributed by atoms with Gasteiger partial charge in [0.1, 0.15) is 6.33 Å². The van der Waals surface area contributed by atoms with Crippen molar-refractivity contribution in [2.45, 2.75) is 6.18 Å². The number of benzene rings is 1. The van der Waals surface area contributed by atoms with E-state index in [0.29, 0.717) is 5.69 Å². The molecule has 2 rings (SSSR count). The van der Waals surface area contributed by atoms with Crippen molar-refractivity contribution in [2.24, 2.45) is 0 Å². The zero-order valence-corrected chi connectivity index (χ0v) is 7.94. The molecule has 0 fully saturated rings. The van der Waals surface area contributed by atoms with E-state index in [9.17, 15) is 13.2 Å². The second-order valence-electron chi connectivity index (χ2n) is 3.09. The lowest BCUT2D eigenvalue weighted by Crippen LogP contribution is -2.05. The molecule has 1 aromatic heterocycles. The maximum Gasteiger partial charge on any atom is 0.416 e. The van der Waals surface area contributed by atoms with Crippen LogP contribution in [0.4, 0.5) is 19.1 Å². The van der Waals surface area contributed by atoms with Crippen molar-refractivity contribution in [2.75, 3.05) is 5.73 Å². The Bertz CT molecular complexity index is 486. The molecule has 0 aliphatic heterocycles. The van der Waals surface area contributed by atoms with Crippen LogP contribution in [0.3, 0.4) is 0 Å². The van der Waals surface area contributed by atoms with Gasteiger partial charge in [-0.15, -0.1) is 5.10 Å². The molecule has 0 bridgehead atoms. The van der Waals surface area contributed by atoms with Gasteiger partial charge in [-0.25, -0.2) is 9.67 Å². The van der Waals surface area contributed by atoms with Crippen LogP contribution in [-0.2, 0) is 6.18 Å². The van der Waals surface area contributed by atoms with Crippen LogP contribution >= 0.6 is 0 Å². The van der Waals surface area contributed by atoms with E-state index >= 15 is 0 Å². The zero-order chi connectivity index (χ0) is 11.8. The van der Waals surface area contributed by atoms with Crippen molar-refractivity contribution < 1.29 is 13.2 Å². The third kappa shape index (κ3) is 1.97. The van der Waals surface area contributed by atoms with Crippen molar-refractivity contribution in [3.8, 4) is 5.69 Å². The molecule has 0 amide bonds. The smallest absolute Gasteiger partial charge is 0.366 e. The molecule has 0 unspecified atom stereocenters. The molecule has 0 radical (unpaired) electrons. The van der Waals surface area contributed by atoms with Gasteiger partial charge in [-0.2, -0.15) is 13.2 Å². The summed E-state index contributed by atoms with van der Waals surface area (Å²) >= 11 is 0. The van der Waals surface area contributed by atoms with Crippen molar-refractivity contribution in [3.05, 3.63) is 36.2 Å². The number of nitrogens with zero attached hydrogens (tertiary/aromatic N) is 3. The first-order valence-corrected chi connectivity index (χ1v) is 4.31. The first-order chi connectivity index (χ1) is 7.47. The quantitative estimate of drug-likeness (QED) is 0.810. The molecule has 1 heterocycles. The van der Waals surface area contributed by atoms with Crippen molar-refractivity contribution >= 4 is 5.95 Å². The molecule has 0 aliphatic carbocycles. The monoisotopic (exact) mass is 228 g/mol. The Morgan fingerprint density at radius 2 is 1.75 bits per heavy atom. The molecule has 7 heteroatoms. The Labute approximate surface area is 88.5 Å². The summed E-state index contributed by atoms with van der Waals surface area (Å²) in [5, 5.41) is 3.77. The highest BCUT2D eigenvalue weighted by molar-refractivity contribution is 5.35. The number of hydrogen-bond acceptors (Lipinski definition) is 3. The maximum absolute atomic E-state index is 12.3. The van der Waals surface area contributed by atoms with Gasteiger partial charge in [0.05, 0.1) is 11.3 Å². The number of rotatable bonds is 1. The normalized spacial score (nSPS) is 11.7. The van der Waals surface area contributed by atoms with E-state index in [2.05, 4.69) is 10.1 Å². The highest BCUT2D eigenvalue weighted by Gasteiger charge is 2.29. The van der Waals surface area contributed by atoms with E-state index in [1.165, 1.54) is 23.1 Å². The van der Waals surface area contributed by atoms with E-state index in [1.807, 2.05) is 0 Å². The average molecular weight is 228 g/mol. The largest absolute Gasteiger partial charge is 0.416 e. The summed E-state index contributed by atoms with van der Waals surface area (Å²) in [6.07, 6.45) is -3.00. The van der Waals surface area contributed by atoms with E-state index in [0.717, 1.165) is 12.1 Å². The molecule has 4 nitrogen and oxygen atoms in total. The number of hydrogen-bond donors (Lipinski definition) is 1. The SMILES string of the molecule is Nc1ncn(-c2ccc(C(F)(F)F)cc2)n1. The number of nitrogens with two attached hydrogens (primary N) is 1. The summed E-state index contributed by atoms with van der Waals surface area (Å²) in [7, 11) is 0. The van der Waals surface area contributed by atoms with Crippen LogP contribution in [0.5, 0.6) is 0 Å². The second kappa shape index (κ2) is 3.51. The van der Waals surface area contributed by atoms with E-state index in [1.54, 1.807) is 0 Å². The van der Waals surface area contributed by atoms with Gasteiger partial charge in [0.25, 0.3) is 0 Å². The van der Waals surface area contributed by atoms with Crippen LogP contribution in [0, 0.1) is 0 Å². The van der Waals surface area contributed by atoms with Crippen LogP contribution in [0.25, 0.3) is 5.69 Å². The Kier molecular flexibility index (Phi) is 2.30. The molecular formula is C9H7F3N4. The minimum Gasteiger partial charge on any atom is -0.366 e. The molecule has 0 saturated carbocycles. The van der Waals surface area contributed by atoms with Gasteiger partial charge in [0, 0.05) is 0 Å². The van der Waals surface area contributed by atoms with Crippen molar-refractivity contribution in [1.82, 2.24) is 14.8 Å². The van der Waals surface area contributed by atoms with Crippen LogP contribution in [0.2, 0.25) is 0 Å². The first kappa shape index (κ1) is 10.5. The van der Waals surface area contributed by atoms with Crippen molar-refractivity contribution in [3.63, 3.8) is 0 Å². The van der Waals surface area contributed by atoms with Crippen molar-refractivity contribution in [1.29, 1.82) is 0 Å². The highest BCUT2D eigenvalue weighted by atomic mass is 19.4. The fourth-order valence-electron chi connectivity index (χ4n) is 1.20. The zero-order valence-electron chi connectivity index (χ0n) is 7.94. The molecule has 0 atom stereocenters. The number of anilines is 1. The summed E-state index contributed by atoms with van der Waals surface area (Å²) in [5.41, 5.74) is 5.06.